The van der Waals surface area contributed by atoms with Crippen molar-refractivity contribution in [3.63, 3.8) is 0 Å². The third kappa shape index (κ3) is 2.79. The number of rotatable bonds is 4. The van der Waals surface area contributed by atoms with Gasteiger partial charge in [-0.05, 0) is 18.6 Å². The fraction of sp³-hybridized carbons (Fsp3) is 0.286. The van der Waals surface area contributed by atoms with E-state index in [1.807, 2.05) is 24.3 Å². The number of hydrogen-bond acceptors (Lipinski definition) is 2. The van der Waals surface area contributed by atoms with Crippen molar-refractivity contribution in [3.8, 4) is 0 Å². The number of fused-ring (bicyclic) bond motifs is 1. The number of unbranched alkanes of at least 4 members (excludes halogenated alkanes) is 1. The SMILES string of the molecule is CCCCNC(=O)c1cc2ccccc2nc1Cl. The van der Waals surface area contributed by atoms with E-state index in [0.29, 0.717) is 12.1 Å². The van der Waals surface area contributed by atoms with Crippen LogP contribution in [0.15, 0.2) is 30.3 Å². The normalized spacial score (nSPS) is 10.6. The van der Waals surface area contributed by atoms with Gasteiger partial charge in [-0.25, -0.2) is 4.98 Å². The third-order valence-corrected chi connectivity index (χ3v) is 3.03. The molecular weight excluding hydrogens is 248 g/mol. The number of nitrogens with one attached hydrogen (secondary N) is 1. The zero-order chi connectivity index (χ0) is 13.0. The van der Waals surface area contributed by atoms with Gasteiger partial charge in [0.25, 0.3) is 5.91 Å². The van der Waals surface area contributed by atoms with Gasteiger partial charge in [0.05, 0.1) is 11.1 Å². The first-order valence-electron chi connectivity index (χ1n) is 6.06. The highest BCUT2D eigenvalue weighted by Crippen LogP contribution is 2.20. The summed E-state index contributed by atoms with van der Waals surface area (Å²) in [5.74, 6) is -0.160. The first-order valence-corrected chi connectivity index (χ1v) is 6.43. The number of para-hydroxylation sites is 1. The number of hydrogen-bond donors (Lipinski definition) is 1. The van der Waals surface area contributed by atoms with Crippen molar-refractivity contribution in [2.45, 2.75) is 19.8 Å². The molecule has 0 bridgehead atoms. The Morgan fingerprint density at radius 3 is 2.94 bits per heavy atom. The first-order chi connectivity index (χ1) is 8.72. The molecule has 94 valence electrons. The number of halogens is 1. The Balaban J connectivity index is 2.27. The molecule has 3 nitrogen and oxygen atoms in total. The zero-order valence-electron chi connectivity index (χ0n) is 10.2. The van der Waals surface area contributed by atoms with Gasteiger partial charge < -0.3 is 5.32 Å². The van der Waals surface area contributed by atoms with Crippen molar-refractivity contribution in [3.05, 3.63) is 41.0 Å². The van der Waals surface area contributed by atoms with E-state index in [2.05, 4.69) is 17.2 Å². The van der Waals surface area contributed by atoms with Crippen LogP contribution < -0.4 is 5.32 Å². The maximum absolute atomic E-state index is 11.9. The van der Waals surface area contributed by atoms with E-state index in [1.54, 1.807) is 6.07 Å². The van der Waals surface area contributed by atoms with Gasteiger partial charge >= 0.3 is 0 Å². The average Bonchev–Trinajstić information content (AvgIpc) is 2.38. The fourth-order valence-electron chi connectivity index (χ4n) is 1.73. The van der Waals surface area contributed by atoms with Crippen molar-refractivity contribution in [2.75, 3.05) is 6.54 Å². The Kier molecular flexibility index (Phi) is 4.15. The van der Waals surface area contributed by atoms with Crippen molar-refractivity contribution in [1.29, 1.82) is 0 Å². The van der Waals surface area contributed by atoms with Crippen LogP contribution in [-0.4, -0.2) is 17.4 Å². The molecule has 0 unspecified atom stereocenters. The molecule has 0 spiro atoms. The first kappa shape index (κ1) is 12.8. The Labute approximate surface area is 111 Å². The molecule has 2 aromatic rings. The fourth-order valence-corrected chi connectivity index (χ4v) is 1.96. The maximum atomic E-state index is 11.9. The van der Waals surface area contributed by atoms with E-state index in [0.717, 1.165) is 23.7 Å². The smallest absolute Gasteiger partial charge is 0.254 e. The summed E-state index contributed by atoms with van der Waals surface area (Å²) in [5.41, 5.74) is 1.24. The lowest BCUT2D eigenvalue weighted by molar-refractivity contribution is 0.0953. The number of carbonyl (C=O) groups is 1. The van der Waals surface area contributed by atoms with Crippen LogP contribution in [0.2, 0.25) is 5.15 Å². The van der Waals surface area contributed by atoms with Crippen molar-refractivity contribution < 1.29 is 4.79 Å². The molecule has 0 saturated carbocycles. The second-order valence-electron chi connectivity index (χ2n) is 4.13. The lowest BCUT2D eigenvalue weighted by atomic mass is 10.1. The van der Waals surface area contributed by atoms with Crippen molar-refractivity contribution in [1.82, 2.24) is 10.3 Å². The number of nitrogens with zero attached hydrogens (tertiary/aromatic N) is 1. The summed E-state index contributed by atoms with van der Waals surface area (Å²) in [6.45, 7) is 2.75. The second-order valence-corrected chi connectivity index (χ2v) is 4.49. The summed E-state index contributed by atoms with van der Waals surface area (Å²) in [6, 6.07) is 9.39. The van der Waals surface area contributed by atoms with Crippen LogP contribution in [0.5, 0.6) is 0 Å². The topological polar surface area (TPSA) is 42.0 Å². The third-order valence-electron chi connectivity index (χ3n) is 2.74. The highest BCUT2D eigenvalue weighted by molar-refractivity contribution is 6.33. The average molecular weight is 263 g/mol. The number of aromatic nitrogens is 1. The molecular formula is C14H15ClN2O. The van der Waals surface area contributed by atoms with Crippen LogP contribution in [0.4, 0.5) is 0 Å². The highest BCUT2D eigenvalue weighted by Gasteiger charge is 2.12. The van der Waals surface area contributed by atoms with E-state index in [4.69, 9.17) is 11.6 Å². The summed E-state index contributed by atoms with van der Waals surface area (Å²) >= 11 is 6.04. The lowest BCUT2D eigenvalue weighted by Crippen LogP contribution is -2.24. The van der Waals surface area contributed by atoms with Crippen LogP contribution in [0.1, 0.15) is 30.1 Å². The molecule has 0 aliphatic carbocycles. The van der Waals surface area contributed by atoms with E-state index in [9.17, 15) is 4.79 Å². The van der Waals surface area contributed by atoms with E-state index in [1.165, 1.54) is 0 Å². The van der Waals surface area contributed by atoms with Crippen LogP contribution in [0.25, 0.3) is 10.9 Å². The molecule has 18 heavy (non-hydrogen) atoms. The minimum Gasteiger partial charge on any atom is -0.352 e. The molecule has 0 aliphatic heterocycles. The molecule has 0 saturated heterocycles. The molecule has 1 N–H and O–H groups in total. The Hall–Kier alpha value is -1.61. The van der Waals surface area contributed by atoms with Gasteiger partial charge in [0.15, 0.2) is 0 Å². The standard InChI is InChI=1S/C14H15ClN2O/c1-2-3-8-16-14(18)11-9-10-6-4-5-7-12(10)17-13(11)15/h4-7,9H,2-3,8H2,1H3,(H,16,18). The number of carbonyl (C=O) groups excluding carboxylic acids is 1. The molecule has 0 atom stereocenters. The van der Waals surface area contributed by atoms with Crippen molar-refractivity contribution in [2.24, 2.45) is 0 Å². The molecule has 1 amide bonds. The summed E-state index contributed by atoms with van der Waals surface area (Å²) in [4.78, 5) is 16.2. The summed E-state index contributed by atoms with van der Waals surface area (Å²) < 4.78 is 0. The van der Waals surface area contributed by atoms with Crippen LogP contribution in [0.3, 0.4) is 0 Å². The molecule has 1 heterocycles. The Bertz CT molecular complexity index is 569. The van der Waals surface area contributed by atoms with Gasteiger partial charge in [-0.1, -0.05) is 43.1 Å². The second kappa shape index (κ2) is 5.83. The van der Waals surface area contributed by atoms with Crippen LogP contribution in [0, 0.1) is 0 Å². The van der Waals surface area contributed by atoms with Crippen LogP contribution >= 0.6 is 11.6 Å². The predicted molar refractivity (Wildman–Crippen MR) is 74.0 cm³/mol. The summed E-state index contributed by atoms with van der Waals surface area (Å²) in [5, 5.41) is 4.01. The molecule has 0 aliphatic rings. The number of pyridine rings is 1. The molecule has 0 fully saturated rings. The van der Waals surface area contributed by atoms with Gasteiger partial charge in [-0.2, -0.15) is 0 Å². The number of benzene rings is 1. The number of amides is 1. The maximum Gasteiger partial charge on any atom is 0.254 e. The monoisotopic (exact) mass is 262 g/mol. The van der Waals surface area contributed by atoms with E-state index >= 15 is 0 Å². The zero-order valence-corrected chi connectivity index (χ0v) is 11.0. The molecule has 1 aromatic heterocycles. The molecule has 1 aromatic carbocycles. The van der Waals surface area contributed by atoms with E-state index < -0.39 is 0 Å². The van der Waals surface area contributed by atoms with Crippen molar-refractivity contribution >= 4 is 28.4 Å². The van der Waals surface area contributed by atoms with Gasteiger partial charge in [0.2, 0.25) is 0 Å². The minimum absolute atomic E-state index is 0.160. The predicted octanol–water partition coefficient (Wildman–Crippen LogP) is 3.42. The lowest BCUT2D eigenvalue weighted by Gasteiger charge is -2.07. The summed E-state index contributed by atoms with van der Waals surface area (Å²) in [6.07, 6.45) is 2.01. The van der Waals surface area contributed by atoms with Gasteiger partial charge in [0.1, 0.15) is 5.15 Å². The molecule has 0 radical (unpaired) electrons. The van der Waals surface area contributed by atoms with Gasteiger partial charge in [-0.3, -0.25) is 4.79 Å². The van der Waals surface area contributed by atoms with Crippen LogP contribution in [-0.2, 0) is 0 Å². The Morgan fingerprint density at radius 1 is 1.39 bits per heavy atom. The quantitative estimate of drug-likeness (QED) is 0.678. The molecule has 2 rings (SSSR count). The molecule has 4 heteroatoms. The van der Waals surface area contributed by atoms with Gasteiger partial charge in [0, 0.05) is 11.9 Å². The minimum atomic E-state index is -0.160. The van der Waals surface area contributed by atoms with Gasteiger partial charge in [-0.15, -0.1) is 0 Å². The summed E-state index contributed by atoms with van der Waals surface area (Å²) in [7, 11) is 0. The largest absolute Gasteiger partial charge is 0.352 e. The van der Waals surface area contributed by atoms with E-state index in [-0.39, 0.29) is 11.1 Å². The highest BCUT2D eigenvalue weighted by atomic mass is 35.5. The Morgan fingerprint density at radius 2 is 2.17 bits per heavy atom.